The van der Waals surface area contributed by atoms with E-state index in [1.807, 2.05) is 61.5 Å². The normalized spacial score (nSPS) is 16.5. The number of nitrogens with one attached hydrogen (secondary N) is 1. The Morgan fingerprint density at radius 1 is 0.886 bits per heavy atom. The number of anilines is 2. The highest BCUT2D eigenvalue weighted by Crippen LogP contribution is 2.38. The summed E-state index contributed by atoms with van der Waals surface area (Å²) in [4.78, 5) is 42.6. The van der Waals surface area contributed by atoms with E-state index in [1.54, 1.807) is 52.3 Å². The highest BCUT2D eigenvalue weighted by Gasteiger charge is 2.46. The van der Waals surface area contributed by atoms with Gasteiger partial charge >= 0.3 is 12.0 Å². The largest absolute Gasteiger partial charge is 0.481 e. The van der Waals surface area contributed by atoms with Crippen molar-refractivity contribution in [1.82, 2.24) is 4.90 Å². The molecule has 1 fully saturated rings. The number of carbonyl (C=O) groups excluding carboxylic acids is 2. The second-order valence-corrected chi connectivity index (χ2v) is 11.9. The van der Waals surface area contributed by atoms with Crippen molar-refractivity contribution >= 4 is 52.5 Å². The van der Waals surface area contributed by atoms with Crippen LogP contribution >= 0.6 is 23.2 Å². The van der Waals surface area contributed by atoms with Crippen molar-refractivity contribution in [2.45, 2.75) is 26.3 Å². The smallest absolute Gasteiger partial charge is 0.324 e. The van der Waals surface area contributed by atoms with Gasteiger partial charge in [0.1, 0.15) is 11.5 Å². The molecule has 0 radical (unpaired) electrons. The Labute approximate surface area is 265 Å². The molecule has 226 valence electrons. The fraction of sp³-hybridized carbons (Fsp3) is 0.206. The molecule has 1 saturated heterocycles. The van der Waals surface area contributed by atoms with Crippen LogP contribution in [0, 0.1) is 12.3 Å². The minimum Gasteiger partial charge on any atom is -0.481 e. The summed E-state index contributed by atoms with van der Waals surface area (Å²) in [7, 11) is 0. The molecule has 1 heterocycles. The molecule has 3 amide bonds. The number of nitrogens with zero attached hydrogens (tertiary/aromatic N) is 2. The lowest BCUT2D eigenvalue weighted by molar-refractivity contribution is -0.140. The van der Waals surface area contributed by atoms with Gasteiger partial charge in [0.15, 0.2) is 0 Å². The topological polar surface area (TPSA) is 99.2 Å². The third-order valence-electron chi connectivity index (χ3n) is 7.42. The molecule has 4 aromatic rings. The van der Waals surface area contributed by atoms with Crippen LogP contribution < -0.4 is 15.0 Å². The number of carboxylic acids is 1. The van der Waals surface area contributed by atoms with Gasteiger partial charge in [0.05, 0.1) is 6.42 Å². The van der Waals surface area contributed by atoms with Crippen molar-refractivity contribution in [2.75, 3.05) is 23.3 Å². The molecule has 1 aliphatic heterocycles. The quantitative estimate of drug-likeness (QED) is 0.185. The number of ether oxygens (including phenoxy) is 1. The first-order valence-corrected chi connectivity index (χ1v) is 14.8. The number of rotatable bonds is 10. The molecule has 4 aromatic carbocycles. The van der Waals surface area contributed by atoms with Gasteiger partial charge in [0.25, 0.3) is 0 Å². The molecule has 1 aliphatic rings. The number of aryl methyl sites for hydroxylation is 1. The maximum atomic E-state index is 13.8. The van der Waals surface area contributed by atoms with Crippen LogP contribution in [0.15, 0.2) is 97.1 Å². The van der Waals surface area contributed by atoms with Gasteiger partial charge in [-0.1, -0.05) is 65.2 Å². The second-order valence-electron chi connectivity index (χ2n) is 11.0. The first kappa shape index (κ1) is 30.9. The van der Waals surface area contributed by atoms with Crippen LogP contribution in [0.5, 0.6) is 11.5 Å². The first-order valence-electron chi connectivity index (χ1n) is 14.0. The van der Waals surface area contributed by atoms with Gasteiger partial charge < -0.3 is 20.1 Å². The lowest BCUT2D eigenvalue weighted by Gasteiger charge is -2.47. The highest BCUT2D eigenvalue weighted by atomic mass is 35.5. The van der Waals surface area contributed by atoms with E-state index in [0.717, 1.165) is 5.56 Å². The van der Waals surface area contributed by atoms with Crippen molar-refractivity contribution < 1.29 is 24.2 Å². The van der Waals surface area contributed by atoms with E-state index in [1.165, 1.54) is 0 Å². The highest BCUT2D eigenvalue weighted by molar-refractivity contribution is 6.35. The van der Waals surface area contributed by atoms with Crippen molar-refractivity contribution in [3.8, 4) is 11.5 Å². The molecule has 8 nitrogen and oxygen atoms in total. The van der Waals surface area contributed by atoms with Gasteiger partial charge in [0.2, 0.25) is 5.91 Å². The van der Waals surface area contributed by atoms with Gasteiger partial charge in [0, 0.05) is 52.9 Å². The summed E-state index contributed by atoms with van der Waals surface area (Å²) in [6, 6.07) is 28.4. The van der Waals surface area contributed by atoms with Crippen LogP contribution in [0.1, 0.15) is 24.0 Å². The van der Waals surface area contributed by atoms with Crippen molar-refractivity contribution in [3.05, 3.63) is 118 Å². The molecule has 1 atom stereocenters. The Balaban J connectivity index is 1.40. The molecule has 44 heavy (non-hydrogen) atoms. The Morgan fingerprint density at radius 2 is 1.57 bits per heavy atom. The van der Waals surface area contributed by atoms with Crippen molar-refractivity contribution in [1.29, 1.82) is 0 Å². The second kappa shape index (κ2) is 13.4. The zero-order valence-electron chi connectivity index (χ0n) is 24.0. The number of carboxylic acid groups (broad SMARTS) is 1. The van der Waals surface area contributed by atoms with E-state index in [4.69, 9.17) is 27.9 Å². The molecular formula is C34H31Cl2N3O5. The van der Waals surface area contributed by atoms with Gasteiger partial charge in [-0.3, -0.25) is 14.5 Å². The predicted octanol–water partition coefficient (Wildman–Crippen LogP) is 8.03. The summed E-state index contributed by atoms with van der Waals surface area (Å²) in [5, 5.41) is 13.7. The number of aliphatic carboxylic acids is 1. The third kappa shape index (κ3) is 7.70. The average Bonchev–Trinajstić information content (AvgIpc) is 2.98. The number of urea groups is 1. The predicted molar refractivity (Wildman–Crippen MR) is 172 cm³/mol. The minimum absolute atomic E-state index is 0.0384. The van der Waals surface area contributed by atoms with Crippen LogP contribution in [0.4, 0.5) is 16.2 Å². The van der Waals surface area contributed by atoms with E-state index in [0.29, 0.717) is 38.5 Å². The van der Waals surface area contributed by atoms with Gasteiger partial charge in [-0.25, -0.2) is 4.79 Å². The number of carbonyl (C=O) groups is 3. The lowest BCUT2D eigenvalue weighted by Crippen LogP contribution is -2.59. The summed E-state index contributed by atoms with van der Waals surface area (Å²) in [5.74, 6) is -0.143. The maximum Gasteiger partial charge on any atom is 0.324 e. The molecule has 1 unspecified atom stereocenters. The van der Waals surface area contributed by atoms with Crippen molar-refractivity contribution in [3.63, 3.8) is 0 Å². The molecule has 0 aliphatic carbocycles. The fourth-order valence-electron chi connectivity index (χ4n) is 5.39. The van der Waals surface area contributed by atoms with E-state index in [-0.39, 0.29) is 44.4 Å². The van der Waals surface area contributed by atoms with Gasteiger partial charge in [-0.05, 0) is 73.2 Å². The third-order valence-corrected chi connectivity index (χ3v) is 8.01. The Hall–Kier alpha value is -4.53. The first-order chi connectivity index (χ1) is 21.1. The Bertz CT molecular complexity index is 1650. The van der Waals surface area contributed by atoms with Crippen LogP contribution in [0.25, 0.3) is 0 Å². The Morgan fingerprint density at radius 3 is 2.23 bits per heavy atom. The number of hydrogen-bond acceptors (Lipinski definition) is 4. The van der Waals surface area contributed by atoms with E-state index < -0.39 is 11.4 Å². The standard InChI is InChI=1S/C34H31Cl2N3O5/c1-23-7-13-27(14-8-23)39-22-34(19-32(41)42,21-38(33(39)43)20-24-9-10-25(35)17-30(24)36)18-31(40)37-26-11-15-29(16-12-26)44-28-5-3-2-4-6-28/h2-17H,18-22H2,1H3,(H,37,40)(H,41,42). The summed E-state index contributed by atoms with van der Waals surface area (Å²) in [5.41, 5.74) is 1.70. The molecule has 5 rings (SSSR count). The van der Waals surface area contributed by atoms with Crippen LogP contribution in [0.3, 0.4) is 0 Å². The minimum atomic E-state index is -1.11. The van der Waals surface area contributed by atoms with Gasteiger partial charge in [-0.2, -0.15) is 0 Å². The van der Waals surface area contributed by atoms with Gasteiger partial charge in [-0.15, -0.1) is 0 Å². The van der Waals surface area contributed by atoms with Crippen LogP contribution in [0.2, 0.25) is 10.0 Å². The number of benzene rings is 4. The van der Waals surface area contributed by atoms with E-state index in [9.17, 15) is 19.5 Å². The zero-order valence-corrected chi connectivity index (χ0v) is 25.5. The zero-order chi connectivity index (χ0) is 31.3. The van der Waals surface area contributed by atoms with Crippen LogP contribution in [-0.2, 0) is 16.1 Å². The SMILES string of the molecule is Cc1ccc(N2CC(CC(=O)O)(CC(=O)Nc3ccc(Oc4ccccc4)cc3)CN(Cc3ccc(Cl)cc3Cl)C2=O)cc1. The summed E-state index contributed by atoms with van der Waals surface area (Å²) < 4.78 is 5.83. The average molecular weight is 633 g/mol. The lowest BCUT2D eigenvalue weighted by atomic mass is 9.78. The summed E-state index contributed by atoms with van der Waals surface area (Å²) >= 11 is 12.5. The molecule has 0 saturated carbocycles. The summed E-state index contributed by atoms with van der Waals surface area (Å²) in [6.45, 7) is 2.14. The van der Waals surface area contributed by atoms with E-state index >= 15 is 0 Å². The van der Waals surface area contributed by atoms with Crippen molar-refractivity contribution in [2.24, 2.45) is 5.41 Å². The molecule has 0 bridgehead atoms. The number of amides is 3. The molecule has 0 spiro atoms. The fourth-order valence-corrected chi connectivity index (χ4v) is 5.85. The van der Waals surface area contributed by atoms with E-state index in [2.05, 4.69) is 5.32 Å². The molecule has 10 heteroatoms. The Kier molecular flexibility index (Phi) is 9.42. The molecule has 2 N–H and O–H groups in total. The number of halogens is 2. The number of hydrogen-bond donors (Lipinski definition) is 2. The monoisotopic (exact) mass is 631 g/mol. The van der Waals surface area contributed by atoms with Crippen LogP contribution in [-0.4, -0.2) is 41.0 Å². The number of para-hydroxylation sites is 1. The molecular weight excluding hydrogens is 601 g/mol. The summed E-state index contributed by atoms with van der Waals surface area (Å²) in [6.07, 6.45) is -0.465. The maximum absolute atomic E-state index is 13.8. The molecule has 0 aromatic heterocycles.